The number of hydrogen-bond acceptors (Lipinski definition) is 2. The lowest BCUT2D eigenvalue weighted by Gasteiger charge is -2.15. The molecule has 0 radical (unpaired) electrons. The number of hydrogen-bond donors (Lipinski definition) is 1. The Morgan fingerprint density at radius 1 is 1.22 bits per heavy atom. The third kappa shape index (κ3) is 1.58. The summed E-state index contributed by atoms with van der Waals surface area (Å²) in [6, 6.07) is 11.5. The Bertz CT molecular complexity index is 558. The molecule has 4 rings (SSSR count). The maximum absolute atomic E-state index is 4.55. The van der Waals surface area contributed by atoms with E-state index in [0.29, 0.717) is 12.0 Å². The molecule has 18 heavy (non-hydrogen) atoms. The van der Waals surface area contributed by atoms with Crippen molar-refractivity contribution >= 4 is 0 Å². The first-order valence-corrected chi connectivity index (χ1v) is 6.74. The summed E-state index contributed by atoms with van der Waals surface area (Å²) in [6.45, 7) is 2.02. The molecular formula is C15H17N3. The Hall–Kier alpha value is -1.61. The fraction of sp³-hybridized carbons (Fsp3) is 0.400. The molecule has 0 spiro atoms. The third-order valence-corrected chi connectivity index (χ3v) is 4.16. The molecule has 2 aliphatic rings. The molecule has 0 saturated heterocycles. The van der Waals surface area contributed by atoms with Crippen LogP contribution in [0.5, 0.6) is 0 Å². The number of rotatable bonds is 2. The minimum atomic E-state index is 0.641. The summed E-state index contributed by atoms with van der Waals surface area (Å²) >= 11 is 0. The number of nitrogens with one attached hydrogen (secondary N) is 1. The third-order valence-electron chi connectivity index (χ3n) is 4.16. The van der Waals surface area contributed by atoms with Gasteiger partial charge in [-0.1, -0.05) is 30.3 Å². The molecule has 0 amide bonds. The van der Waals surface area contributed by atoms with E-state index in [9.17, 15) is 0 Å². The lowest BCUT2D eigenvalue weighted by atomic mass is 10.1. The van der Waals surface area contributed by atoms with Crippen molar-refractivity contribution in [3.8, 4) is 0 Å². The van der Waals surface area contributed by atoms with Crippen LogP contribution in [-0.2, 0) is 13.0 Å². The van der Waals surface area contributed by atoms with Crippen LogP contribution in [0.1, 0.15) is 35.3 Å². The molecule has 3 nitrogen and oxygen atoms in total. The molecule has 92 valence electrons. The van der Waals surface area contributed by atoms with Gasteiger partial charge in [0.05, 0.1) is 12.0 Å². The van der Waals surface area contributed by atoms with Crippen molar-refractivity contribution < 1.29 is 0 Å². The quantitative estimate of drug-likeness (QED) is 0.871. The average molecular weight is 239 g/mol. The molecule has 1 aliphatic carbocycles. The van der Waals surface area contributed by atoms with E-state index >= 15 is 0 Å². The topological polar surface area (TPSA) is 29.9 Å². The first-order chi connectivity index (χ1) is 8.93. The number of benzene rings is 1. The summed E-state index contributed by atoms with van der Waals surface area (Å²) in [5, 5.41) is 3.38. The van der Waals surface area contributed by atoms with Crippen molar-refractivity contribution in [1.82, 2.24) is 14.9 Å². The van der Waals surface area contributed by atoms with Crippen molar-refractivity contribution in [3.63, 3.8) is 0 Å². The van der Waals surface area contributed by atoms with E-state index in [2.05, 4.69) is 45.2 Å². The Balaban J connectivity index is 1.61. The average Bonchev–Trinajstić information content (AvgIpc) is 3.12. The molecule has 1 N–H and O–H groups in total. The minimum absolute atomic E-state index is 0.641. The van der Waals surface area contributed by atoms with E-state index in [4.69, 9.17) is 0 Å². The van der Waals surface area contributed by atoms with Gasteiger partial charge in [0.15, 0.2) is 0 Å². The highest BCUT2D eigenvalue weighted by atomic mass is 15.1. The first-order valence-electron chi connectivity index (χ1n) is 6.74. The van der Waals surface area contributed by atoms with Crippen LogP contribution >= 0.6 is 0 Å². The lowest BCUT2D eigenvalue weighted by Crippen LogP contribution is -2.24. The summed E-state index contributed by atoms with van der Waals surface area (Å²) in [4.78, 5) is 4.55. The summed E-state index contributed by atoms with van der Waals surface area (Å²) in [5.74, 6) is 0.694. The highest BCUT2D eigenvalue weighted by Gasteiger charge is 2.41. The second kappa shape index (κ2) is 3.95. The smallest absolute Gasteiger partial charge is 0.0955 e. The second-order valence-corrected chi connectivity index (χ2v) is 5.29. The number of nitrogens with zero attached hydrogens (tertiary/aromatic N) is 2. The molecule has 2 heterocycles. The normalized spacial score (nSPS) is 25.8. The molecule has 1 saturated carbocycles. The summed E-state index contributed by atoms with van der Waals surface area (Å²) in [7, 11) is 0. The van der Waals surface area contributed by atoms with E-state index in [1.54, 1.807) is 0 Å². The summed E-state index contributed by atoms with van der Waals surface area (Å²) < 4.78 is 2.42. The zero-order valence-electron chi connectivity index (χ0n) is 10.3. The Morgan fingerprint density at radius 3 is 3.00 bits per heavy atom. The van der Waals surface area contributed by atoms with Gasteiger partial charge in [-0.2, -0.15) is 0 Å². The van der Waals surface area contributed by atoms with Crippen molar-refractivity contribution in [2.75, 3.05) is 6.54 Å². The van der Waals surface area contributed by atoms with Gasteiger partial charge in [0.25, 0.3) is 0 Å². The van der Waals surface area contributed by atoms with Crippen LogP contribution in [0, 0.1) is 0 Å². The minimum Gasteiger partial charge on any atom is -0.331 e. The van der Waals surface area contributed by atoms with Crippen LogP contribution in [0.25, 0.3) is 0 Å². The molecule has 1 aromatic heterocycles. The van der Waals surface area contributed by atoms with Crippen LogP contribution in [-0.4, -0.2) is 16.1 Å². The van der Waals surface area contributed by atoms with Crippen molar-refractivity contribution in [2.45, 2.75) is 31.3 Å². The van der Waals surface area contributed by atoms with E-state index in [1.165, 1.54) is 23.4 Å². The molecule has 1 fully saturated rings. The van der Waals surface area contributed by atoms with Gasteiger partial charge in [0, 0.05) is 37.2 Å². The maximum atomic E-state index is 4.55. The zero-order chi connectivity index (χ0) is 11.9. The van der Waals surface area contributed by atoms with Gasteiger partial charge in [-0.05, 0) is 12.0 Å². The van der Waals surface area contributed by atoms with Gasteiger partial charge in [-0.15, -0.1) is 0 Å². The molecule has 1 aliphatic heterocycles. The van der Waals surface area contributed by atoms with Crippen molar-refractivity contribution in [2.24, 2.45) is 0 Å². The standard InChI is InChI=1S/C15H17N3/c1-2-4-11(5-3-1)12-8-15(12)18-10-17-13-9-16-7-6-14(13)18/h1-5,10,12,15-16H,6-9H2. The molecule has 2 aromatic rings. The molecule has 2 unspecified atom stereocenters. The number of imidazole rings is 1. The van der Waals surface area contributed by atoms with Crippen LogP contribution in [0.15, 0.2) is 36.7 Å². The van der Waals surface area contributed by atoms with E-state index < -0.39 is 0 Å². The fourth-order valence-electron chi connectivity index (χ4n) is 3.09. The molecule has 3 heteroatoms. The Labute approximate surface area is 107 Å². The van der Waals surface area contributed by atoms with Gasteiger partial charge >= 0.3 is 0 Å². The molecule has 2 atom stereocenters. The van der Waals surface area contributed by atoms with Gasteiger partial charge in [0.1, 0.15) is 0 Å². The van der Waals surface area contributed by atoms with E-state index in [1.807, 2.05) is 6.33 Å². The second-order valence-electron chi connectivity index (χ2n) is 5.29. The van der Waals surface area contributed by atoms with Crippen molar-refractivity contribution in [3.05, 3.63) is 53.6 Å². The Kier molecular flexibility index (Phi) is 2.27. The van der Waals surface area contributed by atoms with E-state index in [-0.39, 0.29) is 0 Å². The largest absolute Gasteiger partial charge is 0.331 e. The van der Waals surface area contributed by atoms with Crippen LogP contribution in [0.4, 0.5) is 0 Å². The lowest BCUT2D eigenvalue weighted by molar-refractivity contribution is 0.588. The predicted octanol–water partition coefficient (Wildman–Crippen LogP) is 2.26. The van der Waals surface area contributed by atoms with Crippen LogP contribution in [0.3, 0.4) is 0 Å². The monoisotopic (exact) mass is 239 g/mol. The highest BCUT2D eigenvalue weighted by Crippen LogP contribution is 2.51. The van der Waals surface area contributed by atoms with Gasteiger partial charge in [0.2, 0.25) is 0 Å². The number of fused-ring (bicyclic) bond motifs is 1. The molecule has 1 aromatic carbocycles. The first kappa shape index (κ1) is 10.3. The summed E-state index contributed by atoms with van der Waals surface area (Å²) in [6.07, 6.45) is 4.43. The predicted molar refractivity (Wildman–Crippen MR) is 70.5 cm³/mol. The van der Waals surface area contributed by atoms with Gasteiger partial charge in [-0.3, -0.25) is 0 Å². The Morgan fingerprint density at radius 2 is 2.11 bits per heavy atom. The van der Waals surface area contributed by atoms with Crippen LogP contribution < -0.4 is 5.32 Å². The SMILES string of the molecule is c1ccc(C2CC2n2cnc3c2CCNC3)cc1. The maximum Gasteiger partial charge on any atom is 0.0955 e. The van der Waals surface area contributed by atoms with E-state index in [0.717, 1.165) is 19.5 Å². The summed E-state index contributed by atoms with van der Waals surface area (Å²) in [5.41, 5.74) is 4.18. The number of aromatic nitrogens is 2. The van der Waals surface area contributed by atoms with Crippen LogP contribution in [0.2, 0.25) is 0 Å². The van der Waals surface area contributed by atoms with Gasteiger partial charge < -0.3 is 9.88 Å². The zero-order valence-corrected chi connectivity index (χ0v) is 10.3. The van der Waals surface area contributed by atoms with Gasteiger partial charge in [-0.25, -0.2) is 4.98 Å². The molecular weight excluding hydrogens is 222 g/mol. The fourth-order valence-corrected chi connectivity index (χ4v) is 3.09. The molecule has 0 bridgehead atoms. The van der Waals surface area contributed by atoms with Crippen molar-refractivity contribution in [1.29, 1.82) is 0 Å². The highest BCUT2D eigenvalue weighted by molar-refractivity contribution is 5.29.